The van der Waals surface area contributed by atoms with Crippen molar-refractivity contribution in [3.05, 3.63) is 33.4 Å². The van der Waals surface area contributed by atoms with Gasteiger partial charge in [-0.05, 0) is 79.6 Å². The first-order chi connectivity index (χ1) is 9.22. The van der Waals surface area contributed by atoms with E-state index >= 15 is 0 Å². The lowest BCUT2D eigenvalue weighted by Crippen LogP contribution is -2.47. The van der Waals surface area contributed by atoms with Gasteiger partial charge in [0.1, 0.15) is 0 Å². The smallest absolute Gasteiger partial charge is 0.0323 e. The maximum absolute atomic E-state index is 3.55. The molecule has 2 rings (SSSR count). The summed E-state index contributed by atoms with van der Waals surface area (Å²) >= 11 is 2.37. The quantitative estimate of drug-likeness (QED) is 0.791. The van der Waals surface area contributed by atoms with Gasteiger partial charge in [-0.3, -0.25) is 4.90 Å². The van der Waals surface area contributed by atoms with Crippen molar-refractivity contribution >= 4 is 22.6 Å². The lowest BCUT2D eigenvalue weighted by atomic mass is 10.00. The summed E-state index contributed by atoms with van der Waals surface area (Å²) in [6, 6.07) is 10.2. The molecule has 0 radical (unpaired) electrons. The number of nitrogens with zero attached hydrogens (tertiary/aromatic N) is 1. The van der Waals surface area contributed by atoms with E-state index in [1.807, 2.05) is 0 Å². The van der Waals surface area contributed by atoms with Gasteiger partial charge in [-0.15, -0.1) is 0 Å². The highest BCUT2D eigenvalue weighted by molar-refractivity contribution is 14.1. The highest BCUT2D eigenvalue weighted by Gasteiger charge is 2.25. The normalized spacial score (nSPS) is 21.6. The van der Waals surface area contributed by atoms with Crippen LogP contribution in [-0.4, -0.2) is 30.6 Å². The minimum atomic E-state index is 0.516. The lowest BCUT2D eigenvalue weighted by molar-refractivity contribution is 0.120. The Labute approximate surface area is 131 Å². The van der Waals surface area contributed by atoms with E-state index in [4.69, 9.17) is 0 Å². The van der Waals surface area contributed by atoms with Gasteiger partial charge in [0.05, 0.1) is 0 Å². The molecule has 2 nitrogen and oxygen atoms in total. The molecule has 0 aliphatic carbocycles. The fourth-order valence-electron chi connectivity index (χ4n) is 3.00. The zero-order valence-electron chi connectivity index (χ0n) is 12.0. The van der Waals surface area contributed by atoms with E-state index in [2.05, 4.69) is 70.9 Å². The number of benzene rings is 1. The number of nitrogens with one attached hydrogen (secondary N) is 1. The third-order valence-electron chi connectivity index (χ3n) is 4.07. The summed E-state index contributed by atoms with van der Waals surface area (Å²) in [4.78, 5) is 2.69. The number of rotatable bonds is 5. The number of piperidine rings is 1. The summed E-state index contributed by atoms with van der Waals surface area (Å²) < 4.78 is 1.31. The van der Waals surface area contributed by atoms with Crippen molar-refractivity contribution in [3.8, 4) is 0 Å². The molecule has 0 saturated carbocycles. The average molecular weight is 372 g/mol. The fraction of sp³-hybridized carbons (Fsp3) is 0.625. The first kappa shape index (κ1) is 15.3. The van der Waals surface area contributed by atoms with Crippen LogP contribution in [-0.2, 0) is 0 Å². The van der Waals surface area contributed by atoms with Gasteiger partial charge in [0.2, 0.25) is 0 Å². The SMILES string of the molecule is CCCN(C1CCCNC1)C(C)c1ccc(I)cc1. The van der Waals surface area contributed by atoms with Crippen molar-refractivity contribution in [2.24, 2.45) is 0 Å². The van der Waals surface area contributed by atoms with E-state index in [0.29, 0.717) is 12.1 Å². The van der Waals surface area contributed by atoms with E-state index < -0.39 is 0 Å². The average Bonchev–Trinajstić information content (AvgIpc) is 2.46. The molecule has 0 amide bonds. The van der Waals surface area contributed by atoms with Crippen LogP contribution in [0.5, 0.6) is 0 Å². The van der Waals surface area contributed by atoms with Crippen LogP contribution in [0.4, 0.5) is 0 Å². The van der Waals surface area contributed by atoms with Crippen LogP contribution in [0.15, 0.2) is 24.3 Å². The van der Waals surface area contributed by atoms with Crippen molar-refractivity contribution in [1.82, 2.24) is 10.2 Å². The minimum absolute atomic E-state index is 0.516. The largest absolute Gasteiger partial charge is 0.315 e. The van der Waals surface area contributed by atoms with Crippen LogP contribution in [0.1, 0.15) is 44.7 Å². The molecule has 0 bridgehead atoms. The Kier molecular flexibility index (Phi) is 6.10. The van der Waals surface area contributed by atoms with Crippen molar-refractivity contribution in [1.29, 1.82) is 0 Å². The van der Waals surface area contributed by atoms with Gasteiger partial charge in [0.25, 0.3) is 0 Å². The van der Waals surface area contributed by atoms with Gasteiger partial charge < -0.3 is 5.32 Å². The zero-order chi connectivity index (χ0) is 13.7. The second kappa shape index (κ2) is 7.60. The zero-order valence-corrected chi connectivity index (χ0v) is 14.2. The molecule has 2 atom stereocenters. The van der Waals surface area contributed by atoms with E-state index in [-0.39, 0.29) is 0 Å². The molecule has 0 spiro atoms. The van der Waals surface area contributed by atoms with Gasteiger partial charge in [0, 0.05) is 22.2 Å². The first-order valence-electron chi connectivity index (χ1n) is 7.44. The molecule has 1 heterocycles. The summed E-state index contributed by atoms with van der Waals surface area (Å²) in [5.74, 6) is 0. The van der Waals surface area contributed by atoms with Gasteiger partial charge in [-0.25, -0.2) is 0 Å². The topological polar surface area (TPSA) is 15.3 Å². The summed E-state index contributed by atoms with van der Waals surface area (Å²) in [5.41, 5.74) is 1.44. The fourth-order valence-corrected chi connectivity index (χ4v) is 3.36. The maximum Gasteiger partial charge on any atom is 0.0323 e. The molecule has 1 N–H and O–H groups in total. The standard InChI is InChI=1S/C16H25IN2/c1-3-11-19(16-5-4-10-18-12-16)13(2)14-6-8-15(17)9-7-14/h6-9,13,16,18H,3-5,10-12H2,1-2H3. The van der Waals surface area contributed by atoms with E-state index in [9.17, 15) is 0 Å². The van der Waals surface area contributed by atoms with Crippen molar-refractivity contribution < 1.29 is 0 Å². The molecule has 1 fully saturated rings. The van der Waals surface area contributed by atoms with E-state index in [1.165, 1.54) is 41.5 Å². The first-order valence-corrected chi connectivity index (χ1v) is 8.52. The summed E-state index contributed by atoms with van der Waals surface area (Å²) in [5, 5.41) is 3.55. The van der Waals surface area contributed by atoms with Crippen molar-refractivity contribution in [2.75, 3.05) is 19.6 Å². The molecule has 2 unspecified atom stereocenters. The van der Waals surface area contributed by atoms with E-state index in [1.54, 1.807) is 0 Å². The molecule has 1 aromatic carbocycles. The van der Waals surface area contributed by atoms with Crippen LogP contribution in [0.25, 0.3) is 0 Å². The Balaban J connectivity index is 2.10. The van der Waals surface area contributed by atoms with Crippen molar-refractivity contribution in [2.45, 2.75) is 45.2 Å². The predicted octanol–water partition coefficient (Wildman–Crippen LogP) is 3.82. The highest BCUT2D eigenvalue weighted by Crippen LogP contribution is 2.25. The second-order valence-electron chi connectivity index (χ2n) is 5.47. The van der Waals surface area contributed by atoms with Gasteiger partial charge >= 0.3 is 0 Å². The molecule has 0 aromatic heterocycles. The highest BCUT2D eigenvalue weighted by atomic mass is 127. The molecule has 1 aliphatic rings. The van der Waals surface area contributed by atoms with Crippen molar-refractivity contribution in [3.63, 3.8) is 0 Å². The molecular formula is C16H25IN2. The molecule has 1 saturated heterocycles. The Morgan fingerprint density at radius 1 is 1.37 bits per heavy atom. The summed E-state index contributed by atoms with van der Waals surface area (Å²) in [7, 11) is 0. The second-order valence-corrected chi connectivity index (χ2v) is 6.71. The number of hydrogen-bond acceptors (Lipinski definition) is 2. The molecule has 19 heavy (non-hydrogen) atoms. The molecular weight excluding hydrogens is 347 g/mol. The predicted molar refractivity (Wildman–Crippen MR) is 90.5 cm³/mol. The van der Waals surface area contributed by atoms with Gasteiger partial charge in [0.15, 0.2) is 0 Å². The van der Waals surface area contributed by atoms with Gasteiger partial charge in [-0.1, -0.05) is 19.1 Å². The minimum Gasteiger partial charge on any atom is -0.315 e. The van der Waals surface area contributed by atoms with Crippen LogP contribution < -0.4 is 5.32 Å². The van der Waals surface area contributed by atoms with Crippen LogP contribution >= 0.6 is 22.6 Å². The number of hydrogen-bond donors (Lipinski definition) is 1. The maximum atomic E-state index is 3.55. The monoisotopic (exact) mass is 372 g/mol. The summed E-state index contributed by atoms with van der Waals surface area (Å²) in [6.07, 6.45) is 3.87. The van der Waals surface area contributed by atoms with Gasteiger partial charge in [-0.2, -0.15) is 0 Å². The number of halogens is 1. The molecule has 106 valence electrons. The molecule has 1 aromatic rings. The van der Waals surface area contributed by atoms with Crippen LogP contribution in [0, 0.1) is 3.57 Å². The summed E-state index contributed by atoms with van der Waals surface area (Å²) in [6.45, 7) is 8.17. The van der Waals surface area contributed by atoms with Crippen LogP contribution in [0.2, 0.25) is 0 Å². The molecule has 3 heteroatoms. The third-order valence-corrected chi connectivity index (χ3v) is 4.79. The Hall–Kier alpha value is -0.130. The lowest BCUT2D eigenvalue weighted by Gasteiger charge is -2.39. The van der Waals surface area contributed by atoms with E-state index in [0.717, 1.165) is 6.54 Å². The van der Waals surface area contributed by atoms with Crippen LogP contribution in [0.3, 0.4) is 0 Å². The third kappa shape index (κ3) is 4.17. The Bertz CT molecular complexity index is 371. The Morgan fingerprint density at radius 2 is 2.11 bits per heavy atom. The Morgan fingerprint density at radius 3 is 2.68 bits per heavy atom. The molecule has 1 aliphatic heterocycles.